The van der Waals surface area contributed by atoms with Gasteiger partial charge in [0.25, 0.3) is 0 Å². The zero-order chi connectivity index (χ0) is 12.8. The van der Waals surface area contributed by atoms with Gasteiger partial charge < -0.3 is 5.32 Å². The molecule has 1 aliphatic carbocycles. The van der Waals surface area contributed by atoms with Gasteiger partial charge in [0.05, 0.1) is 5.56 Å². The maximum atomic E-state index is 9.07. The first-order valence-electron chi connectivity index (χ1n) is 5.95. The summed E-state index contributed by atoms with van der Waals surface area (Å²) in [7, 11) is 0. The summed E-state index contributed by atoms with van der Waals surface area (Å²) in [5.74, 6) is 0.719. The molecule has 1 fully saturated rings. The van der Waals surface area contributed by atoms with Gasteiger partial charge in [0.15, 0.2) is 0 Å². The predicted octanol–water partition coefficient (Wildman–Crippen LogP) is 3.11. The molecule has 3 heteroatoms. The standard InChI is InChI=1S/C14H19N3/c1-9-6-7-10(8-15)11(16-9)17-12-13(2,3)14(12,4)5/h6-7,12H,1-5H3,(H,16,17). The van der Waals surface area contributed by atoms with Gasteiger partial charge in [-0.25, -0.2) is 4.98 Å². The lowest BCUT2D eigenvalue weighted by Gasteiger charge is -2.09. The summed E-state index contributed by atoms with van der Waals surface area (Å²) >= 11 is 0. The van der Waals surface area contributed by atoms with E-state index in [1.165, 1.54) is 0 Å². The molecule has 2 rings (SSSR count). The van der Waals surface area contributed by atoms with Crippen LogP contribution in [0, 0.1) is 29.1 Å². The second-order valence-corrected chi connectivity index (χ2v) is 5.98. The van der Waals surface area contributed by atoms with E-state index in [9.17, 15) is 0 Å². The van der Waals surface area contributed by atoms with Crippen molar-refractivity contribution in [2.24, 2.45) is 10.8 Å². The molecule has 1 heterocycles. The van der Waals surface area contributed by atoms with Gasteiger partial charge in [-0.1, -0.05) is 27.7 Å². The van der Waals surface area contributed by atoms with Crippen molar-refractivity contribution in [3.8, 4) is 6.07 Å². The molecule has 90 valence electrons. The third-order valence-corrected chi connectivity index (χ3v) is 4.46. The first-order valence-corrected chi connectivity index (χ1v) is 5.95. The van der Waals surface area contributed by atoms with E-state index in [-0.39, 0.29) is 10.8 Å². The molecular weight excluding hydrogens is 210 g/mol. The lowest BCUT2D eigenvalue weighted by molar-refractivity contribution is 0.457. The summed E-state index contributed by atoms with van der Waals surface area (Å²) < 4.78 is 0. The fourth-order valence-electron chi connectivity index (χ4n) is 2.45. The molecule has 0 bridgehead atoms. The molecule has 0 saturated heterocycles. The van der Waals surface area contributed by atoms with Gasteiger partial charge in [-0.3, -0.25) is 0 Å². The smallest absolute Gasteiger partial charge is 0.144 e. The summed E-state index contributed by atoms with van der Waals surface area (Å²) in [4.78, 5) is 4.42. The third-order valence-electron chi connectivity index (χ3n) is 4.46. The van der Waals surface area contributed by atoms with Crippen LogP contribution in [0.15, 0.2) is 12.1 Å². The van der Waals surface area contributed by atoms with Gasteiger partial charge in [0, 0.05) is 11.7 Å². The Labute approximate surface area is 103 Å². The van der Waals surface area contributed by atoms with Gasteiger partial charge >= 0.3 is 0 Å². The van der Waals surface area contributed by atoms with E-state index in [1.807, 2.05) is 19.1 Å². The first kappa shape index (κ1) is 11.9. The quantitative estimate of drug-likeness (QED) is 0.847. The van der Waals surface area contributed by atoms with Crippen molar-refractivity contribution in [2.75, 3.05) is 5.32 Å². The first-order chi connectivity index (χ1) is 7.80. The van der Waals surface area contributed by atoms with Gasteiger partial charge in [-0.2, -0.15) is 5.26 Å². The largest absolute Gasteiger partial charge is 0.365 e. The average Bonchev–Trinajstić information content (AvgIpc) is 2.61. The minimum atomic E-state index is 0.241. The molecule has 1 aromatic heterocycles. The molecule has 1 aliphatic rings. The summed E-state index contributed by atoms with van der Waals surface area (Å²) in [5, 5.41) is 12.5. The van der Waals surface area contributed by atoms with Crippen LogP contribution in [0.2, 0.25) is 0 Å². The van der Waals surface area contributed by atoms with Crippen LogP contribution in [0.1, 0.15) is 39.0 Å². The Bertz CT molecular complexity index is 481. The van der Waals surface area contributed by atoms with Crippen molar-refractivity contribution in [2.45, 2.75) is 40.7 Å². The highest BCUT2D eigenvalue weighted by atomic mass is 15.1. The molecule has 17 heavy (non-hydrogen) atoms. The fraction of sp³-hybridized carbons (Fsp3) is 0.571. The number of rotatable bonds is 2. The van der Waals surface area contributed by atoms with E-state index in [2.05, 4.69) is 44.1 Å². The fourth-order valence-corrected chi connectivity index (χ4v) is 2.45. The SMILES string of the molecule is Cc1ccc(C#N)c(NC2C(C)(C)C2(C)C)n1. The van der Waals surface area contributed by atoms with Crippen molar-refractivity contribution in [3.05, 3.63) is 23.4 Å². The van der Waals surface area contributed by atoms with Crippen molar-refractivity contribution >= 4 is 5.82 Å². The average molecular weight is 229 g/mol. The summed E-state index contributed by atoms with van der Waals surface area (Å²) in [5.41, 5.74) is 2.04. The Morgan fingerprint density at radius 3 is 2.29 bits per heavy atom. The van der Waals surface area contributed by atoms with Gasteiger partial charge in [-0.15, -0.1) is 0 Å². The van der Waals surface area contributed by atoms with Crippen molar-refractivity contribution in [1.82, 2.24) is 4.98 Å². The lowest BCUT2D eigenvalue weighted by atomic mass is 10.0. The molecule has 0 atom stereocenters. The van der Waals surface area contributed by atoms with Crippen LogP contribution >= 0.6 is 0 Å². The Hall–Kier alpha value is -1.56. The minimum Gasteiger partial charge on any atom is -0.365 e. The number of nitriles is 1. The van der Waals surface area contributed by atoms with E-state index in [0.717, 1.165) is 11.5 Å². The van der Waals surface area contributed by atoms with Crippen molar-refractivity contribution in [3.63, 3.8) is 0 Å². The maximum absolute atomic E-state index is 9.07. The Morgan fingerprint density at radius 2 is 1.82 bits per heavy atom. The molecule has 1 saturated carbocycles. The molecular formula is C14H19N3. The molecule has 0 radical (unpaired) electrons. The molecule has 0 spiro atoms. The van der Waals surface area contributed by atoms with Crippen LogP contribution in [0.4, 0.5) is 5.82 Å². The number of pyridine rings is 1. The zero-order valence-corrected chi connectivity index (χ0v) is 11.1. The number of nitrogens with zero attached hydrogens (tertiary/aromatic N) is 2. The van der Waals surface area contributed by atoms with Crippen LogP contribution in [-0.4, -0.2) is 11.0 Å². The summed E-state index contributed by atoms with van der Waals surface area (Å²) in [6, 6.07) is 6.25. The lowest BCUT2D eigenvalue weighted by Crippen LogP contribution is -2.12. The summed E-state index contributed by atoms with van der Waals surface area (Å²) in [6.07, 6.45) is 0. The molecule has 1 aromatic rings. The van der Waals surface area contributed by atoms with Crippen molar-refractivity contribution < 1.29 is 0 Å². The van der Waals surface area contributed by atoms with Crippen LogP contribution in [0.5, 0.6) is 0 Å². The molecule has 0 aromatic carbocycles. The van der Waals surface area contributed by atoms with E-state index in [0.29, 0.717) is 11.6 Å². The molecule has 0 unspecified atom stereocenters. The summed E-state index contributed by atoms with van der Waals surface area (Å²) in [6.45, 7) is 10.9. The highest BCUT2D eigenvalue weighted by molar-refractivity contribution is 5.54. The minimum absolute atomic E-state index is 0.241. The van der Waals surface area contributed by atoms with Crippen LogP contribution < -0.4 is 5.32 Å². The Balaban J connectivity index is 2.27. The van der Waals surface area contributed by atoms with Gasteiger partial charge in [-0.05, 0) is 29.9 Å². The highest BCUT2D eigenvalue weighted by Crippen LogP contribution is 2.63. The van der Waals surface area contributed by atoms with Crippen LogP contribution in [0.25, 0.3) is 0 Å². The van der Waals surface area contributed by atoms with Gasteiger partial charge in [0.2, 0.25) is 0 Å². The number of aromatic nitrogens is 1. The van der Waals surface area contributed by atoms with E-state index < -0.39 is 0 Å². The highest BCUT2D eigenvalue weighted by Gasteiger charge is 2.65. The second kappa shape index (κ2) is 3.46. The predicted molar refractivity (Wildman–Crippen MR) is 68.7 cm³/mol. The second-order valence-electron chi connectivity index (χ2n) is 5.98. The number of anilines is 1. The monoisotopic (exact) mass is 229 g/mol. The Kier molecular flexibility index (Phi) is 2.43. The van der Waals surface area contributed by atoms with Crippen LogP contribution in [0.3, 0.4) is 0 Å². The number of hydrogen-bond donors (Lipinski definition) is 1. The zero-order valence-electron chi connectivity index (χ0n) is 11.1. The Morgan fingerprint density at radius 1 is 1.24 bits per heavy atom. The van der Waals surface area contributed by atoms with Crippen molar-refractivity contribution in [1.29, 1.82) is 5.26 Å². The van der Waals surface area contributed by atoms with Gasteiger partial charge in [0.1, 0.15) is 11.9 Å². The number of aryl methyl sites for hydroxylation is 1. The van der Waals surface area contributed by atoms with E-state index >= 15 is 0 Å². The molecule has 0 amide bonds. The third kappa shape index (κ3) is 1.68. The topological polar surface area (TPSA) is 48.7 Å². The molecule has 0 aliphatic heterocycles. The molecule has 3 nitrogen and oxygen atoms in total. The van der Waals surface area contributed by atoms with Crippen LogP contribution in [-0.2, 0) is 0 Å². The maximum Gasteiger partial charge on any atom is 0.144 e. The van der Waals surface area contributed by atoms with E-state index in [4.69, 9.17) is 5.26 Å². The number of nitrogens with one attached hydrogen (secondary N) is 1. The molecule has 1 N–H and O–H groups in total. The normalized spacial score (nSPS) is 20.7. The number of hydrogen-bond acceptors (Lipinski definition) is 3. The van der Waals surface area contributed by atoms with E-state index in [1.54, 1.807) is 0 Å².